The summed E-state index contributed by atoms with van der Waals surface area (Å²) < 4.78 is 12.9. The Kier molecular flexibility index (Phi) is 9.53. The summed E-state index contributed by atoms with van der Waals surface area (Å²) >= 11 is 0. The highest BCUT2D eigenvalue weighted by Gasteiger charge is 2.09. The Morgan fingerprint density at radius 3 is 2.39 bits per heavy atom. The Morgan fingerprint density at radius 2 is 1.78 bits per heavy atom. The normalized spacial score (nSPS) is 12.5. The van der Waals surface area contributed by atoms with Crippen LogP contribution in [-0.4, -0.2) is 17.1 Å². The highest BCUT2D eigenvalue weighted by molar-refractivity contribution is 5.66. The highest BCUT2D eigenvalue weighted by atomic mass is 19.1. The number of hydrogen-bond donors (Lipinski definition) is 2. The number of aliphatic carboxylic acids is 1. The summed E-state index contributed by atoms with van der Waals surface area (Å²) in [5.41, 5.74) is 1.09. The van der Waals surface area contributed by atoms with E-state index < -0.39 is 5.97 Å². The highest BCUT2D eigenvalue weighted by Crippen LogP contribution is 2.14. The van der Waals surface area contributed by atoms with Gasteiger partial charge in [0.1, 0.15) is 5.82 Å². The number of hydrogen-bond acceptors (Lipinski definition) is 2. The molecule has 3 nitrogen and oxygen atoms in total. The molecule has 1 atom stereocenters. The Bertz CT molecular complexity index is 445. The predicted molar refractivity (Wildman–Crippen MR) is 91.8 cm³/mol. The van der Waals surface area contributed by atoms with E-state index in [-0.39, 0.29) is 12.2 Å². The Balaban J connectivity index is 2.35. The molecule has 0 bridgehead atoms. The molecule has 1 aromatic carbocycles. The Morgan fingerprint density at radius 1 is 1.09 bits per heavy atom. The molecule has 130 valence electrons. The third-order valence-electron chi connectivity index (χ3n) is 4.04. The van der Waals surface area contributed by atoms with Gasteiger partial charge in [0.15, 0.2) is 0 Å². The van der Waals surface area contributed by atoms with Crippen molar-refractivity contribution in [2.24, 2.45) is 5.92 Å². The zero-order valence-electron chi connectivity index (χ0n) is 14.4. The van der Waals surface area contributed by atoms with E-state index >= 15 is 0 Å². The number of carboxylic acids is 1. The van der Waals surface area contributed by atoms with Gasteiger partial charge in [-0.05, 0) is 49.3 Å². The minimum Gasteiger partial charge on any atom is -0.481 e. The first kappa shape index (κ1) is 19.6. The molecule has 4 heteroatoms. The van der Waals surface area contributed by atoms with Crippen molar-refractivity contribution in [1.29, 1.82) is 0 Å². The van der Waals surface area contributed by atoms with Crippen molar-refractivity contribution in [3.05, 3.63) is 35.6 Å². The lowest BCUT2D eigenvalue weighted by atomic mass is 9.98. The maximum absolute atomic E-state index is 12.9. The number of halogens is 1. The largest absolute Gasteiger partial charge is 0.481 e. The van der Waals surface area contributed by atoms with Crippen LogP contribution in [0.1, 0.15) is 64.4 Å². The Hall–Kier alpha value is -1.42. The minimum absolute atomic E-state index is 0.205. The van der Waals surface area contributed by atoms with Gasteiger partial charge in [0.25, 0.3) is 0 Å². The first-order valence-electron chi connectivity index (χ1n) is 8.67. The van der Waals surface area contributed by atoms with Crippen LogP contribution in [0.3, 0.4) is 0 Å². The second-order valence-electron chi connectivity index (χ2n) is 6.67. The van der Waals surface area contributed by atoms with Gasteiger partial charge in [-0.25, -0.2) is 4.39 Å². The predicted octanol–water partition coefficient (Wildman–Crippen LogP) is 4.76. The second-order valence-corrected chi connectivity index (χ2v) is 6.67. The van der Waals surface area contributed by atoms with Crippen LogP contribution >= 0.6 is 0 Å². The van der Waals surface area contributed by atoms with Gasteiger partial charge in [-0.2, -0.15) is 0 Å². The molecule has 0 spiro atoms. The first-order chi connectivity index (χ1) is 11.0. The molecule has 1 unspecified atom stereocenters. The van der Waals surface area contributed by atoms with E-state index in [4.69, 9.17) is 5.11 Å². The monoisotopic (exact) mass is 323 g/mol. The Labute approximate surface area is 139 Å². The lowest BCUT2D eigenvalue weighted by molar-refractivity contribution is -0.137. The zero-order valence-corrected chi connectivity index (χ0v) is 14.4. The number of unbranched alkanes of at least 4 members (excludes halogenated alkanes) is 2. The van der Waals surface area contributed by atoms with Crippen molar-refractivity contribution in [2.45, 2.75) is 71.4 Å². The number of nitrogens with one attached hydrogen (secondary N) is 1. The van der Waals surface area contributed by atoms with E-state index in [0.29, 0.717) is 12.0 Å². The van der Waals surface area contributed by atoms with E-state index in [1.54, 1.807) is 0 Å². The van der Waals surface area contributed by atoms with Gasteiger partial charge in [0, 0.05) is 19.0 Å². The summed E-state index contributed by atoms with van der Waals surface area (Å²) in [7, 11) is 0. The SMILES string of the molecule is CC(C)CCC(CCCCCC(=O)O)NCc1ccc(F)cc1. The van der Waals surface area contributed by atoms with Crippen LogP contribution < -0.4 is 5.32 Å². The van der Waals surface area contributed by atoms with Gasteiger partial charge >= 0.3 is 5.97 Å². The average molecular weight is 323 g/mol. The van der Waals surface area contributed by atoms with E-state index in [0.717, 1.165) is 44.2 Å². The quantitative estimate of drug-likeness (QED) is 0.545. The summed E-state index contributed by atoms with van der Waals surface area (Å²) in [4.78, 5) is 10.5. The third-order valence-corrected chi connectivity index (χ3v) is 4.04. The molecule has 2 N–H and O–H groups in total. The first-order valence-corrected chi connectivity index (χ1v) is 8.67. The summed E-state index contributed by atoms with van der Waals surface area (Å²) in [6.07, 6.45) is 6.39. The van der Waals surface area contributed by atoms with Crippen molar-refractivity contribution in [1.82, 2.24) is 5.32 Å². The smallest absolute Gasteiger partial charge is 0.303 e. The van der Waals surface area contributed by atoms with E-state index in [2.05, 4.69) is 19.2 Å². The molecule has 0 aromatic heterocycles. The molecule has 23 heavy (non-hydrogen) atoms. The molecule has 1 rings (SSSR count). The van der Waals surface area contributed by atoms with Crippen LogP contribution in [0.5, 0.6) is 0 Å². The van der Waals surface area contributed by atoms with Gasteiger partial charge < -0.3 is 10.4 Å². The van der Waals surface area contributed by atoms with Gasteiger partial charge in [0.2, 0.25) is 0 Å². The van der Waals surface area contributed by atoms with E-state index in [1.165, 1.54) is 18.6 Å². The van der Waals surface area contributed by atoms with Crippen molar-refractivity contribution < 1.29 is 14.3 Å². The fourth-order valence-electron chi connectivity index (χ4n) is 2.59. The third kappa shape index (κ3) is 10.1. The molecule has 0 saturated carbocycles. The fourth-order valence-corrected chi connectivity index (χ4v) is 2.59. The molecule has 0 aliphatic rings. The fraction of sp³-hybridized carbons (Fsp3) is 0.632. The number of carbonyl (C=O) groups is 1. The molecule has 0 radical (unpaired) electrons. The lowest BCUT2D eigenvalue weighted by Gasteiger charge is -2.20. The van der Waals surface area contributed by atoms with Crippen molar-refractivity contribution >= 4 is 5.97 Å². The molecule has 0 aliphatic heterocycles. The van der Waals surface area contributed by atoms with Crippen molar-refractivity contribution in [2.75, 3.05) is 0 Å². The van der Waals surface area contributed by atoms with Crippen molar-refractivity contribution in [3.8, 4) is 0 Å². The molecule has 0 amide bonds. The van der Waals surface area contributed by atoms with E-state index in [1.807, 2.05) is 12.1 Å². The summed E-state index contributed by atoms with van der Waals surface area (Å²) in [5, 5.41) is 12.2. The molecule has 1 aromatic rings. The molecule has 0 heterocycles. The molecule has 0 aliphatic carbocycles. The van der Waals surface area contributed by atoms with Crippen LogP contribution in [0, 0.1) is 11.7 Å². The molecular weight excluding hydrogens is 293 g/mol. The van der Waals surface area contributed by atoms with Gasteiger partial charge in [-0.1, -0.05) is 38.8 Å². The zero-order chi connectivity index (χ0) is 17.1. The lowest BCUT2D eigenvalue weighted by Crippen LogP contribution is -2.29. The van der Waals surface area contributed by atoms with Gasteiger partial charge in [-0.15, -0.1) is 0 Å². The summed E-state index contributed by atoms with van der Waals surface area (Å²) in [6, 6.07) is 7.05. The van der Waals surface area contributed by atoms with Crippen LogP contribution in [0.15, 0.2) is 24.3 Å². The van der Waals surface area contributed by atoms with Crippen LogP contribution in [0.2, 0.25) is 0 Å². The maximum atomic E-state index is 12.9. The molecular formula is C19H30FNO2. The molecule has 0 saturated heterocycles. The summed E-state index contributed by atoms with van der Waals surface area (Å²) in [6.45, 7) is 5.20. The van der Waals surface area contributed by atoms with Gasteiger partial charge in [-0.3, -0.25) is 4.79 Å². The van der Waals surface area contributed by atoms with Crippen molar-refractivity contribution in [3.63, 3.8) is 0 Å². The minimum atomic E-state index is -0.712. The number of carboxylic acid groups (broad SMARTS) is 1. The standard InChI is InChI=1S/C19H30FNO2/c1-15(2)8-13-18(6-4-3-5-7-19(22)23)21-14-16-9-11-17(20)12-10-16/h9-12,15,18,21H,3-8,13-14H2,1-2H3,(H,22,23). The average Bonchev–Trinajstić information content (AvgIpc) is 2.50. The van der Waals surface area contributed by atoms with Gasteiger partial charge in [0.05, 0.1) is 0 Å². The number of rotatable bonds is 12. The van der Waals surface area contributed by atoms with E-state index in [9.17, 15) is 9.18 Å². The topological polar surface area (TPSA) is 49.3 Å². The number of benzene rings is 1. The second kappa shape index (κ2) is 11.2. The molecule has 0 fully saturated rings. The summed E-state index contributed by atoms with van der Waals surface area (Å²) in [5.74, 6) is -0.239. The van der Waals surface area contributed by atoms with Crippen LogP contribution in [0.25, 0.3) is 0 Å². The van der Waals surface area contributed by atoms with Crippen LogP contribution in [0.4, 0.5) is 4.39 Å². The maximum Gasteiger partial charge on any atom is 0.303 e. The van der Waals surface area contributed by atoms with Crippen LogP contribution in [-0.2, 0) is 11.3 Å².